The van der Waals surface area contributed by atoms with Crippen LogP contribution >= 0.6 is 0 Å². The van der Waals surface area contributed by atoms with Gasteiger partial charge < -0.3 is 18.6 Å². The van der Waals surface area contributed by atoms with Crippen LogP contribution in [-0.2, 0) is 28.2 Å². The molecule has 0 radical (unpaired) electrons. The topological polar surface area (TPSA) is 71.1 Å². The number of Topliss-reactive ketones (excluding diaryl/α,β-unsaturated/α-hetero) is 1. The first-order valence-corrected chi connectivity index (χ1v) is 14.6. The molecule has 0 unspecified atom stereocenters. The fourth-order valence-electron chi connectivity index (χ4n) is 4.05. The van der Waals surface area contributed by atoms with Gasteiger partial charge >= 0.3 is 5.97 Å². The number of carbonyl (C=O) groups excluding carboxylic acids is 2. The fraction of sp³-hybridized carbons (Fsp3) is 0.833. The first-order valence-electron chi connectivity index (χ1n) is 11.7. The van der Waals surface area contributed by atoms with Gasteiger partial charge in [-0.3, -0.25) is 9.59 Å². The molecule has 1 aliphatic heterocycles. The molecule has 1 heterocycles. The van der Waals surface area contributed by atoms with Gasteiger partial charge in [-0.15, -0.1) is 0 Å². The molecule has 6 nitrogen and oxygen atoms in total. The molecule has 31 heavy (non-hydrogen) atoms. The minimum absolute atomic E-state index is 0.0658. The van der Waals surface area contributed by atoms with Crippen molar-refractivity contribution >= 4 is 20.1 Å². The molecular formula is C24H42O6Si. The lowest BCUT2D eigenvalue weighted by molar-refractivity contribution is -0.259. The summed E-state index contributed by atoms with van der Waals surface area (Å²) >= 11 is 0. The van der Waals surface area contributed by atoms with Crippen LogP contribution in [0.3, 0.4) is 0 Å². The van der Waals surface area contributed by atoms with E-state index in [1.165, 1.54) is 7.11 Å². The molecule has 0 N–H and O–H groups in total. The number of ether oxygens (including phenoxy) is 3. The fourth-order valence-corrected chi connectivity index (χ4v) is 5.44. The lowest BCUT2D eigenvalue weighted by atomic mass is 10.0. The zero-order valence-electron chi connectivity index (χ0n) is 20.4. The minimum Gasteiger partial charge on any atom is -0.469 e. The summed E-state index contributed by atoms with van der Waals surface area (Å²) in [6.07, 6.45) is 6.61. The van der Waals surface area contributed by atoms with E-state index in [4.69, 9.17) is 18.6 Å². The molecule has 0 aromatic rings. The predicted molar refractivity (Wildman–Crippen MR) is 123 cm³/mol. The van der Waals surface area contributed by atoms with Crippen LogP contribution in [0.4, 0.5) is 0 Å². The molecule has 178 valence electrons. The van der Waals surface area contributed by atoms with Crippen molar-refractivity contribution < 1.29 is 28.2 Å². The Labute approximate surface area is 189 Å². The van der Waals surface area contributed by atoms with Crippen molar-refractivity contribution in [3.8, 4) is 0 Å². The molecule has 0 aromatic carbocycles. The molecule has 0 bridgehead atoms. The van der Waals surface area contributed by atoms with E-state index >= 15 is 0 Å². The maximum Gasteiger partial charge on any atom is 0.308 e. The Morgan fingerprint density at radius 1 is 1.23 bits per heavy atom. The largest absolute Gasteiger partial charge is 0.469 e. The number of unbranched alkanes of at least 4 members (excludes halogenated alkanes) is 1. The number of esters is 1. The summed E-state index contributed by atoms with van der Waals surface area (Å²) in [6.45, 7) is 14.9. The quantitative estimate of drug-likeness (QED) is 0.241. The van der Waals surface area contributed by atoms with E-state index in [0.717, 1.165) is 44.9 Å². The average molecular weight is 455 g/mol. The Hall–Kier alpha value is -1.18. The highest BCUT2D eigenvalue weighted by atomic mass is 28.4. The number of methoxy groups -OCH3 is 1. The zero-order chi connectivity index (χ0) is 23.3. The van der Waals surface area contributed by atoms with Crippen molar-refractivity contribution in [3.05, 3.63) is 12.3 Å². The number of rotatable bonds is 10. The van der Waals surface area contributed by atoms with Gasteiger partial charge in [0.05, 0.1) is 25.4 Å². The van der Waals surface area contributed by atoms with Crippen LogP contribution in [0.5, 0.6) is 0 Å². The summed E-state index contributed by atoms with van der Waals surface area (Å²) in [6, 6.07) is 0. The number of hydrogen-bond acceptors (Lipinski definition) is 6. The second-order valence-corrected chi connectivity index (χ2v) is 15.3. The van der Waals surface area contributed by atoms with Gasteiger partial charge in [0.15, 0.2) is 14.1 Å². The molecule has 1 aliphatic carbocycles. The molecule has 0 aromatic heterocycles. The van der Waals surface area contributed by atoms with E-state index in [1.807, 2.05) is 0 Å². The van der Waals surface area contributed by atoms with Gasteiger partial charge in [0.25, 0.3) is 0 Å². The second-order valence-electron chi connectivity index (χ2n) is 10.6. The standard InChI is InChI=1S/C24H42O6Si/c1-18-16-21(29-24(28-18)14-10-11-15-24)20(25)13-9-8-12-19(17-22(26)27-5)30-31(6,7)23(2,3)4/h19,21H,1,8-17H2,2-7H3/t19-,21-/m1/s1. The van der Waals surface area contributed by atoms with Crippen LogP contribution < -0.4 is 0 Å². The average Bonchev–Trinajstić information content (AvgIpc) is 3.09. The molecule has 2 rings (SSSR count). The van der Waals surface area contributed by atoms with E-state index in [2.05, 4.69) is 40.4 Å². The molecule has 2 atom stereocenters. The Morgan fingerprint density at radius 2 is 1.87 bits per heavy atom. The van der Waals surface area contributed by atoms with Crippen molar-refractivity contribution in [1.82, 2.24) is 0 Å². The van der Waals surface area contributed by atoms with Crippen LogP contribution in [0, 0.1) is 0 Å². The molecule has 1 saturated heterocycles. The highest BCUT2D eigenvalue weighted by Crippen LogP contribution is 2.42. The third-order valence-electron chi connectivity index (χ3n) is 6.91. The van der Waals surface area contributed by atoms with Crippen LogP contribution in [0.25, 0.3) is 0 Å². The Kier molecular flexibility index (Phi) is 8.93. The summed E-state index contributed by atoms with van der Waals surface area (Å²) in [5.41, 5.74) is 0. The predicted octanol–water partition coefficient (Wildman–Crippen LogP) is 5.66. The van der Waals surface area contributed by atoms with Crippen molar-refractivity contribution in [2.45, 2.75) is 121 Å². The van der Waals surface area contributed by atoms with Crippen molar-refractivity contribution in [1.29, 1.82) is 0 Å². The van der Waals surface area contributed by atoms with E-state index in [9.17, 15) is 9.59 Å². The van der Waals surface area contributed by atoms with E-state index < -0.39 is 20.2 Å². The number of carbonyl (C=O) groups is 2. The normalized spacial score (nSPS) is 22.3. The maximum absolute atomic E-state index is 12.8. The van der Waals surface area contributed by atoms with E-state index in [1.54, 1.807) is 0 Å². The van der Waals surface area contributed by atoms with Crippen LogP contribution in [0.2, 0.25) is 18.1 Å². The molecule has 1 saturated carbocycles. The summed E-state index contributed by atoms with van der Waals surface area (Å²) in [7, 11) is -0.595. The molecule has 2 aliphatic rings. The monoisotopic (exact) mass is 454 g/mol. The molecule has 2 fully saturated rings. The van der Waals surface area contributed by atoms with Crippen LogP contribution in [0.1, 0.15) is 85.0 Å². The van der Waals surface area contributed by atoms with Crippen molar-refractivity contribution in [2.24, 2.45) is 0 Å². The third-order valence-corrected chi connectivity index (χ3v) is 11.4. The first kappa shape index (κ1) is 26.1. The van der Waals surface area contributed by atoms with Gasteiger partial charge in [-0.25, -0.2) is 0 Å². The van der Waals surface area contributed by atoms with E-state index in [0.29, 0.717) is 18.6 Å². The summed E-state index contributed by atoms with van der Waals surface area (Å²) in [5.74, 6) is -0.105. The van der Waals surface area contributed by atoms with Gasteiger partial charge in [-0.2, -0.15) is 0 Å². The Morgan fingerprint density at radius 3 is 2.45 bits per heavy atom. The number of hydrogen-bond donors (Lipinski definition) is 0. The first-order chi connectivity index (χ1) is 14.4. The van der Waals surface area contributed by atoms with Crippen molar-refractivity contribution in [3.63, 3.8) is 0 Å². The highest BCUT2D eigenvalue weighted by Gasteiger charge is 2.45. The summed E-state index contributed by atoms with van der Waals surface area (Å²) < 4.78 is 23.3. The lowest BCUT2D eigenvalue weighted by Gasteiger charge is -2.39. The third kappa shape index (κ3) is 7.43. The molecular weight excluding hydrogens is 412 g/mol. The van der Waals surface area contributed by atoms with Gasteiger partial charge in [0.2, 0.25) is 5.79 Å². The second kappa shape index (κ2) is 10.6. The highest BCUT2D eigenvalue weighted by molar-refractivity contribution is 6.74. The van der Waals surface area contributed by atoms with Gasteiger partial charge in [0.1, 0.15) is 6.10 Å². The summed E-state index contributed by atoms with van der Waals surface area (Å²) in [4.78, 5) is 24.7. The smallest absolute Gasteiger partial charge is 0.308 e. The van der Waals surface area contributed by atoms with Gasteiger partial charge in [0, 0.05) is 25.7 Å². The molecule has 1 spiro atoms. The van der Waals surface area contributed by atoms with Gasteiger partial charge in [-0.1, -0.05) is 33.8 Å². The van der Waals surface area contributed by atoms with Crippen molar-refractivity contribution in [2.75, 3.05) is 7.11 Å². The van der Waals surface area contributed by atoms with Crippen LogP contribution in [0.15, 0.2) is 12.3 Å². The van der Waals surface area contributed by atoms with Gasteiger partial charge in [-0.05, 0) is 43.8 Å². The van der Waals surface area contributed by atoms with E-state index in [-0.39, 0.29) is 29.3 Å². The minimum atomic E-state index is -2.00. The summed E-state index contributed by atoms with van der Waals surface area (Å²) in [5, 5.41) is 0.0658. The van der Waals surface area contributed by atoms with Crippen LogP contribution in [-0.4, -0.2) is 45.2 Å². The maximum atomic E-state index is 12.8. The number of ketones is 1. The SMILES string of the molecule is C=C1C[C@H](C(=O)CCCC[C@H](CC(=O)OC)O[Si](C)(C)C(C)(C)C)OC2(CCCC2)O1. The molecule has 7 heteroatoms. The Balaban J connectivity index is 1.85. The molecule has 0 amide bonds. The Bertz CT molecular complexity index is 645. The zero-order valence-corrected chi connectivity index (χ0v) is 21.4. The lowest BCUT2D eigenvalue weighted by Crippen LogP contribution is -2.44.